The van der Waals surface area contributed by atoms with Gasteiger partial charge < -0.3 is 20.0 Å². The molecule has 7 heteroatoms. The number of amides is 1. The van der Waals surface area contributed by atoms with Gasteiger partial charge in [-0.3, -0.25) is 4.79 Å². The summed E-state index contributed by atoms with van der Waals surface area (Å²) >= 11 is 0. The molecule has 1 fully saturated rings. The van der Waals surface area contributed by atoms with Crippen LogP contribution in [0.25, 0.3) is 0 Å². The fraction of sp³-hybridized carbons (Fsp3) is 0.769. The summed E-state index contributed by atoms with van der Waals surface area (Å²) in [5.41, 5.74) is 0. The van der Waals surface area contributed by atoms with Gasteiger partial charge in [0.05, 0.1) is 6.04 Å². The third-order valence-electron chi connectivity index (χ3n) is 3.69. The van der Waals surface area contributed by atoms with Crippen LogP contribution in [0.15, 0.2) is 4.42 Å². The zero-order chi connectivity index (χ0) is 14.5. The molecule has 1 aliphatic heterocycles. The molecule has 0 radical (unpaired) electrons. The van der Waals surface area contributed by atoms with Crippen LogP contribution in [0.5, 0.6) is 0 Å². The highest BCUT2D eigenvalue weighted by molar-refractivity contribution is 5.78. The SMILES string of the molecule is CCNC(C)c1nnc(N2CCC(C(=O)NC)CC2)o1. The molecule has 0 aromatic carbocycles. The Morgan fingerprint density at radius 1 is 1.45 bits per heavy atom. The number of anilines is 1. The van der Waals surface area contributed by atoms with E-state index < -0.39 is 0 Å². The van der Waals surface area contributed by atoms with Crippen LogP contribution >= 0.6 is 0 Å². The molecule has 20 heavy (non-hydrogen) atoms. The Morgan fingerprint density at radius 2 is 2.15 bits per heavy atom. The predicted octanol–water partition coefficient (Wildman–Crippen LogP) is 0.702. The van der Waals surface area contributed by atoms with Gasteiger partial charge in [0.25, 0.3) is 0 Å². The van der Waals surface area contributed by atoms with E-state index in [0.29, 0.717) is 11.9 Å². The average Bonchev–Trinajstić information content (AvgIpc) is 2.97. The standard InChI is InChI=1S/C13H23N5O2/c1-4-15-9(2)12-16-17-13(20-12)18-7-5-10(6-8-18)11(19)14-3/h9-10,15H,4-8H2,1-3H3,(H,14,19). The number of carbonyl (C=O) groups is 1. The van der Waals surface area contributed by atoms with Crippen molar-refractivity contribution in [3.05, 3.63) is 5.89 Å². The number of hydrogen-bond acceptors (Lipinski definition) is 6. The van der Waals surface area contributed by atoms with Crippen molar-refractivity contribution in [1.82, 2.24) is 20.8 Å². The van der Waals surface area contributed by atoms with Gasteiger partial charge >= 0.3 is 6.01 Å². The Morgan fingerprint density at radius 3 is 2.75 bits per heavy atom. The van der Waals surface area contributed by atoms with Crippen molar-refractivity contribution in [3.63, 3.8) is 0 Å². The Labute approximate surface area is 119 Å². The smallest absolute Gasteiger partial charge is 0.318 e. The molecule has 0 spiro atoms. The van der Waals surface area contributed by atoms with Gasteiger partial charge in [-0.15, -0.1) is 5.10 Å². The summed E-state index contributed by atoms with van der Waals surface area (Å²) in [4.78, 5) is 13.6. The van der Waals surface area contributed by atoms with Crippen LogP contribution in [-0.4, -0.2) is 42.8 Å². The highest BCUT2D eigenvalue weighted by atomic mass is 16.4. The normalized spacial score (nSPS) is 18.1. The number of hydrogen-bond donors (Lipinski definition) is 2. The van der Waals surface area contributed by atoms with Crippen molar-refractivity contribution < 1.29 is 9.21 Å². The number of carbonyl (C=O) groups excluding carboxylic acids is 1. The third-order valence-corrected chi connectivity index (χ3v) is 3.69. The minimum atomic E-state index is 0.0599. The molecule has 0 bridgehead atoms. The van der Waals surface area contributed by atoms with E-state index in [-0.39, 0.29) is 17.9 Å². The lowest BCUT2D eigenvalue weighted by Crippen LogP contribution is -2.39. The van der Waals surface area contributed by atoms with Gasteiger partial charge in [-0.1, -0.05) is 12.0 Å². The molecule has 1 saturated heterocycles. The molecule has 2 N–H and O–H groups in total. The Kier molecular flexibility index (Phi) is 4.94. The maximum absolute atomic E-state index is 11.6. The summed E-state index contributed by atoms with van der Waals surface area (Å²) in [6, 6.07) is 0.616. The first-order chi connectivity index (χ1) is 9.65. The zero-order valence-electron chi connectivity index (χ0n) is 12.3. The number of aromatic nitrogens is 2. The van der Waals surface area contributed by atoms with Gasteiger partial charge in [-0.05, 0) is 26.3 Å². The molecule has 2 rings (SSSR count). The first kappa shape index (κ1) is 14.8. The highest BCUT2D eigenvalue weighted by Crippen LogP contribution is 2.23. The van der Waals surface area contributed by atoms with Crippen LogP contribution in [0.4, 0.5) is 6.01 Å². The summed E-state index contributed by atoms with van der Waals surface area (Å²) in [5, 5.41) is 14.1. The lowest BCUT2D eigenvalue weighted by molar-refractivity contribution is -0.125. The van der Waals surface area contributed by atoms with E-state index in [1.165, 1.54) is 0 Å². The van der Waals surface area contributed by atoms with Gasteiger partial charge in [-0.25, -0.2) is 0 Å². The second-order valence-electron chi connectivity index (χ2n) is 5.08. The van der Waals surface area contributed by atoms with E-state index in [1.807, 2.05) is 13.8 Å². The molecule has 1 aliphatic rings. The van der Waals surface area contributed by atoms with Crippen LogP contribution in [0.3, 0.4) is 0 Å². The number of nitrogens with zero attached hydrogens (tertiary/aromatic N) is 3. The number of piperidine rings is 1. The quantitative estimate of drug-likeness (QED) is 0.826. The Hall–Kier alpha value is -1.63. The van der Waals surface area contributed by atoms with E-state index in [0.717, 1.165) is 32.5 Å². The lowest BCUT2D eigenvalue weighted by atomic mass is 9.96. The van der Waals surface area contributed by atoms with Gasteiger partial charge in [0.1, 0.15) is 0 Å². The van der Waals surface area contributed by atoms with Crippen LogP contribution in [0.1, 0.15) is 38.6 Å². The molecule has 112 valence electrons. The second kappa shape index (κ2) is 6.69. The summed E-state index contributed by atoms with van der Waals surface area (Å²) in [6.07, 6.45) is 1.64. The van der Waals surface area contributed by atoms with E-state index in [9.17, 15) is 4.79 Å². The van der Waals surface area contributed by atoms with Gasteiger partial charge in [0.2, 0.25) is 11.8 Å². The summed E-state index contributed by atoms with van der Waals surface area (Å²) in [7, 11) is 1.68. The largest absolute Gasteiger partial charge is 0.406 e. The van der Waals surface area contributed by atoms with Crippen LogP contribution < -0.4 is 15.5 Å². The lowest BCUT2D eigenvalue weighted by Gasteiger charge is -2.29. The topological polar surface area (TPSA) is 83.3 Å². The van der Waals surface area contributed by atoms with Crippen LogP contribution in [0, 0.1) is 5.92 Å². The van der Waals surface area contributed by atoms with Crippen molar-refractivity contribution in [2.45, 2.75) is 32.7 Å². The minimum Gasteiger partial charge on any atom is -0.406 e. The first-order valence-electron chi connectivity index (χ1n) is 7.19. The average molecular weight is 281 g/mol. The maximum Gasteiger partial charge on any atom is 0.318 e. The van der Waals surface area contributed by atoms with E-state index in [1.54, 1.807) is 7.05 Å². The fourth-order valence-corrected chi connectivity index (χ4v) is 2.46. The zero-order valence-corrected chi connectivity index (χ0v) is 12.3. The van der Waals surface area contributed by atoms with Gasteiger partial charge in [0, 0.05) is 26.1 Å². The number of rotatable bonds is 5. The van der Waals surface area contributed by atoms with Crippen molar-refractivity contribution in [1.29, 1.82) is 0 Å². The highest BCUT2D eigenvalue weighted by Gasteiger charge is 2.27. The molecule has 1 unspecified atom stereocenters. The number of nitrogens with one attached hydrogen (secondary N) is 2. The molecule has 0 aliphatic carbocycles. The molecule has 1 amide bonds. The van der Waals surface area contributed by atoms with Crippen molar-refractivity contribution in [2.24, 2.45) is 5.92 Å². The van der Waals surface area contributed by atoms with E-state index >= 15 is 0 Å². The molecular formula is C13H23N5O2. The van der Waals surface area contributed by atoms with Crippen LogP contribution in [0.2, 0.25) is 0 Å². The summed E-state index contributed by atoms with van der Waals surface area (Å²) < 4.78 is 5.70. The predicted molar refractivity (Wildman–Crippen MR) is 75.4 cm³/mol. The van der Waals surface area contributed by atoms with Gasteiger partial charge in [-0.2, -0.15) is 0 Å². The summed E-state index contributed by atoms with van der Waals surface area (Å²) in [5.74, 6) is 0.825. The van der Waals surface area contributed by atoms with Crippen LogP contribution in [-0.2, 0) is 4.79 Å². The molecule has 2 heterocycles. The first-order valence-corrected chi connectivity index (χ1v) is 7.19. The molecule has 7 nitrogen and oxygen atoms in total. The van der Waals surface area contributed by atoms with Gasteiger partial charge in [0.15, 0.2) is 0 Å². The maximum atomic E-state index is 11.6. The molecule has 1 aromatic heterocycles. The fourth-order valence-electron chi connectivity index (χ4n) is 2.46. The molecule has 0 saturated carbocycles. The minimum absolute atomic E-state index is 0.0599. The summed E-state index contributed by atoms with van der Waals surface area (Å²) in [6.45, 7) is 6.44. The molecule has 1 atom stereocenters. The van der Waals surface area contributed by atoms with Crippen molar-refractivity contribution in [2.75, 3.05) is 31.6 Å². The second-order valence-corrected chi connectivity index (χ2v) is 5.08. The Balaban J connectivity index is 1.92. The third kappa shape index (κ3) is 3.27. The molecule has 1 aromatic rings. The van der Waals surface area contributed by atoms with E-state index in [4.69, 9.17) is 4.42 Å². The van der Waals surface area contributed by atoms with Crippen molar-refractivity contribution in [3.8, 4) is 0 Å². The molecular weight excluding hydrogens is 258 g/mol. The van der Waals surface area contributed by atoms with Crippen molar-refractivity contribution >= 4 is 11.9 Å². The monoisotopic (exact) mass is 281 g/mol. The van der Waals surface area contributed by atoms with E-state index in [2.05, 4.69) is 25.7 Å². The Bertz CT molecular complexity index is 440.